The van der Waals surface area contributed by atoms with Crippen molar-refractivity contribution in [2.75, 3.05) is 7.11 Å². The lowest BCUT2D eigenvalue weighted by Crippen LogP contribution is -2.03. The molecule has 0 aliphatic carbocycles. The molecular formula is C22H24N4O2S2. The fourth-order valence-corrected chi connectivity index (χ4v) is 4.82. The molecule has 30 heavy (non-hydrogen) atoms. The largest absolute Gasteiger partial charge is 0.497 e. The van der Waals surface area contributed by atoms with Crippen molar-refractivity contribution in [3.63, 3.8) is 0 Å². The van der Waals surface area contributed by atoms with Crippen LogP contribution in [-0.4, -0.2) is 26.9 Å². The summed E-state index contributed by atoms with van der Waals surface area (Å²) in [7, 11) is 1.66. The lowest BCUT2D eigenvalue weighted by atomic mass is 10.2. The second-order valence-corrected chi connectivity index (χ2v) is 8.71. The van der Waals surface area contributed by atoms with E-state index in [2.05, 4.69) is 27.1 Å². The summed E-state index contributed by atoms with van der Waals surface area (Å²) in [5, 5.41) is 13.1. The van der Waals surface area contributed by atoms with Gasteiger partial charge < -0.3 is 9.15 Å². The normalized spacial score (nSPS) is 11.1. The van der Waals surface area contributed by atoms with Crippen LogP contribution in [0, 0.1) is 0 Å². The minimum Gasteiger partial charge on any atom is -0.497 e. The van der Waals surface area contributed by atoms with Crippen LogP contribution >= 0.6 is 23.1 Å². The molecule has 0 radical (unpaired) electrons. The first-order chi connectivity index (χ1) is 14.8. The third-order valence-corrected chi connectivity index (χ3v) is 6.61. The van der Waals surface area contributed by atoms with Gasteiger partial charge in [0.05, 0.1) is 30.6 Å². The van der Waals surface area contributed by atoms with Gasteiger partial charge in [0.15, 0.2) is 11.0 Å². The van der Waals surface area contributed by atoms with Crippen LogP contribution in [-0.2, 0) is 18.7 Å². The second-order valence-electron chi connectivity index (χ2n) is 6.83. The zero-order chi connectivity index (χ0) is 20.8. The highest BCUT2D eigenvalue weighted by Crippen LogP contribution is 2.29. The number of hydrogen-bond donors (Lipinski definition) is 0. The topological polar surface area (TPSA) is 66.0 Å². The molecule has 0 bridgehead atoms. The average Bonchev–Trinajstić information content (AvgIpc) is 3.53. The number of methoxy groups -OCH3 is 1. The van der Waals surface area contributed by atoms with Crippen LogP contribution in [0.1, 0.15) is 36.2 Å². The van der Waals surface area contributed by atoms with Gasteiger partial charge in [0.2, 0.25) is 0 Å². The molecule has 0 unspecified atom stereocenters. The van der Waals surface area contributed by atoms with E-state index in [0.29, 0.717) is 6.54 Å². The van der Waals surface area contributed by atoms with Gasteiger partial charge in [-0.3, -0.25) is 4.57 Å². The van der Waals surface area contributed by atoms with E-state index in [-0.39, 0.29) is 0 Å². The summed E-state index contributed by atoms with van der Waals surface area (Å²) in [6.45, 7) is 2.78. The van der Waals surface area contributed by atoms with Crippen molar-refractivity contribution in [2.24, 2.45) is 0 Å². The van der Waals surface area contributed by atoms with Gasteiger partial charge in [0, 0.05) is 16.7 Å². The Labute approximate surface area is 184 Å². The number of ether oxygens (including phenoxy) is 1. The molecule has 1 aromatic carbocycles. The molecule has 0 aliphatic heterocycles. The molecule has 0 atom stereocenters. The molecule has 4 rings (SSSR count). The summed E-state index contributed by atoms with van der Waals surface area (Å²) in [5.41, 5.74) is 2.08. The zero-order valence-corrected chi connectivity index (χ0v) is 18.7. The molecule has 156 valence electrons. The average molecular weight is 441 g/mol. The number of rotatable bonds is 10. The highest BCUT2D eigenvalue weighted by atomic mass is 32.2. The molecule has 0 saturated heterocycles. The van der Waals surface area contributed by atoms with Gasteiger partial charge in [-0.05, 0) is 49.2 Å². The van der Waals surface area contributed by atoms with Gasteiger partial charge in [-0.2, -0.15) is 0 Å². The van der Waals surface area contributed by atoms with E-state index in [9.17, 15) is 0 Å². The number of unbranched alkanes of at least 4 members (excludes halogenated alkanes) is 1. The van der Waals surface area contributed by atoms with Crippen molar-refractivity contribution in [3.05, 3.63) is 64.5 Å². The Bertz CT molecular complexity index is 1060. The van der Waals surface area contributed by atoms with Crippen molar-refractivity contribution in [1.29, 1.82) is 0 Å². The molecule has 8 heteroatoms. The smallest absolute Gasteiger partial charge is 0.192 e. The number of nitrogens with zero attached hydrogens (tertiary/aromatic N) is 4. The standard InChI is InChI=1S/C22H24N4O2S2/c1-3-4-7-20-23-17(14-29-20)15-30-22-25-24-21(16-8-10-18(27-2)11-9-16)26(22)13-19-6-5-12-28-19/h5-6,8-12,14H,3-4,7,13,15H2,1-2H3. The Hall–Kier alpha value is -2.58. The number of aryl methyl sites for hydroxylation is 1. The Balaban J connectivity index is 1.55. The van der Waals surface area contributed by atoms with Gasteiger partial charge >= 0.3 is 0 Å². The summed E-state index contributed by atoms with van der Waals surface area (Å²) in [5.74, 6) is 3.25. The molecule has 0 aliphatic rings. The fraction of sp³-hybridized carbons (Fsp3) is 0.318. The summed E-state index contributed by atoms with van der Waals surface area (Å²) in [6.07, 6.45) is 5.12. The Morgan fingerprint density at radius 1 is 1.17 bits per heavy atom. The first kappa shape index (κ1) is 20.7. The number of furan rings is 1. The van der Waals surface area contributed by atoms with Crippen molar-refractivity contribution in [1.82, 2.24) is 19.7 Å². The lowest BCUT2D eigenvalue weighted by molar-refractivity contribution is 0.415. The predicted molar refractivity (Wildman–Crippen MR) is 120 cm³/mol. The third-order valence-electron chi connectivity index (χ3n) is 4.65. The zero-order valence-electron chi connectivity index (χ0n) is 17.1. The molecule has 6 nitrogen and oxygen atoms in total. The molecule has 4 aromatic rings. The first-order valence-electron chi connectivity index (χ1n) is 9.93. The van der Waals surface area contributed by atoms with Crippen LogP contribution < -0.4 is 4.74 Å². The van der Waals surface area contributed by atoms with Gasteiger partial charge in [0.25, 0.3) is 0 Å². The molecule has 3 heterocycles. The van der Waals surface area contributed by atoms with E-state index >= 15 is 0 Å². The van der Waals surface area contributed by atoms with Crippen molar-refractivity contribution >= 4 is 23.1 Å². The molecule has 0 saturated carbocycles. The summed E-state index contributed by atoms with van der Waals surface area (Å²) in [6, 6.07) is 11.7. The highest BCUT2D eigenvalue weighted by Gasteiger charge is 2.16. The number of aromatic nitrogens is 4. The summed E-state index contributed by atoms with van der Waals surface area (Å²) in [4.78, 5) is 4.76. The van der Waals surface area contributed by atoms with Gasteiger partial charge in [-0.25, -0.2) is 4.98 Å². The fourth-order valence-electron chi connectivity index (χ4n) is 3.05. The van der Waals surface area contributed by atoms with Crippen LogP contribution in [0.15, 0.2) is 57.6 Å². The van der Waals surface area contributed by atoms with Crippen molar-refractivity contribution < 1.29 is 9.15 Å². The van der Waals surface area contributed by atoms with E-state index in [0.717, 1.165) is 45.9 Å². The molecule has 3 aromatic heterocycles. The highest BCUT2D eigenvalue weighted by molar-refractivity contribution is 7.98. The predicted octanol–water partition coefficient (Wildman–Crippen LogP) is 5.69. The Morgan fingerprint density at radius 3 is 2.77 bits per heavy atom. The molecule has 0 spiro atoms. The lowest BCUT2D eigenvalue weighted by Gasteiger charge is -2.09. The maximum Gasteiger partial charge on any atom is 0.192 e. The third kappa shape index (κ3) is 4.94. The minimum atomic E-state index is 0.572. The van der Waals surface area contributed by atoms with E-state index in [1.807, 2.05) is 36.4 Å². The van der Waals surface area contributed by atoms with Gasteiger partial charge in [0.1, 0.15) is 11.5 Å². The number of hydrogen-bond acceptors (Lipinski definition) is 7. The van der Waals surface area contributed by atoms with E-state index in [1.165, 1.54) is 17.8 Å². The summed E-state index contributed by atoms with van der Waals surface area (Å²) >= 11 is 3.39. The molecule has 0 N–H and O–H groups in total. The van der Waals surface area contributed by atoms with Crippen LogP contribution in [0.3, 0.4) is 0 Å². The number of benzene rings is 1. The van der Waals surface area contributed by atoms with Gasteiger partial charge in [-0.1, -0.05) is 25.1 Å². The SMILES string of the molecule is CCCCc1nc(CSc2nnc(-c3ccc(OC)cc3)n2Cc2ccco2)cs1. The first-order valence-corrected chi connectivity index (χ1v) is 11.8. The van der Waals surface area contributed by atoms with Gasteiger partial charge in [-0.15, -0.1) is 21.5 Å². The Kier molecular flexibility index (Phi) is 6.86. The summed E-state index contributed by atoms with van der Waals surface area (Å²) < 4.78 is 12.9. The Morgan fingerprint density at radius 2 is 2.03 bits per heavy atom. The number of thiazole rings is 1. The molecule has 0 amide bonds. The minimum absolute atomic E-state index is 0.572. The van der Waals surface area contributed by atoms with E-state index in [1.54, 1.807) is 36.5 Å². The number of thioether (sulfide) groups is 1. The van der Waals surface area contributed by atoms with E-state index < -0.39 is 0 Å². The van der Waals surface area contributed by atoms with Crippen molar-refractivity contribution in [3.8, 4) is 17.1 Å². The van der Waals surface area contributed by atoms with Crippen LogP contribution in [0.25, 0.3) is 11.4 Å². The van der Waals surface area contributed by atoms with Crippen molar-refractivity contribution in [2.45, 2.75) is 43.6 Å². The quantitative estimate of drug-likeness (QED) is 0.295. The van der Waals surface area contributed by atoms with Crippen LogP contribution in [0.5, 0.6) is 5.75 Å². The molecular weight excluding hydrogens is 416 g/mol. The monoisotopic (exact) mass is 440 g/mol. The molecule has 0 fully saturated rings. The maximum absolute atomic E-state index is 5.58. The second kappa shape index (κ2) is 9.95. The maximum atomic E-state index is 5.58. The van der Waals surface area contributed by atoms with Crippen LogP contribution in [0.4, 0.5) is 0 Å². The van der Waals surface area contributed by atoms with E-state index in [4.69, 9.17) is 14.1 Å². The van der Waals surface area contributed by atoms with Crippen LogP contribution in [0.2, 0.25) is 0 Å².